The Hall–Kier alpha value is -2.35. The van der Waals surface area contributed by atoms with Gasteiger partial charge in [-0.3, -0.25) is 4.79 Å². The minimum atomic E-state index is -0.163. The third-order valence-electron chi connectivity index (χ3n) is 3.48. The lowest BCUT2D eigenvalue weighted by Gasteiger charge is -1.99. The maximum atomic E-state index is 12.1. The summed E-state index contributed by atoms with van der Waals surface area (Å²) in [5.74, 6) is 0.0186. The minimum absolute atomic E-state index is 0.163. The molecule has 0 unspecified atom stereocenters. The van der Waals surface area contributed by atoms with E-state index in [1.165, 1.54) is 23.1 Å². The van der Waals surface area contributed by atoms with Gasteiger partial charge < -0.3 is 9.73 Å². The molecule has 2 heterocycles. The Morgan fingerprint density at radius 3 is 2.88 bits per heavy atom. The van der Waals surface area contributed by atoms with Gasteiger partial charge in [-0.15, -0.1) is 11.3 Å². The van der Waals surface area contributed by atoms with Crippen molar-refractivity contribution in [3.05, 3.63) is 58.9 Å². The molecule has 2 aromatic heterocycles. The number of nitrogens with one attached hydrogen (secondary N) is 1. The van der Waals surface area contributed by atoms with Crippen molar-refractivity contribution in [2.75, 3.05) is 11.1 Å². The summed E-state index contributed by atoms with van der Waals surface area (Å²) in [7, 11) is 0. The highest BCUT2D eigenvalue weighted by molar-refractivity contribution is 7.99. The van der Waals surface area contributed by atoms with Crippen molar-refractivity contribution in [1.29, 1.82) is 0 Å². The smallest absolute Gasteiger partial charge is 0.257 e. The molecule has 0 saturated carbocycles. The summed E-state index contributed by atoms with van der Waals surface area (Å²) in [6, 6.07) is 15.1. The van der Waals surface area contributed by atoms with E-state index >= 15 is 0 Å². The van der Waals surface area contributed by atoms with Crippen LogP contribution in [0.15, 0.2) is 63.6 Å². The van der Waals surface area contributed by atoms with Crippen molar-refractivity contribution in [3.8, 4) is 11.3 Å². The van der Waals surface area contributed by atoms with Crippen LogP contribution in [0.3, 0.4) is 0 Å². The number of halogens is 1. The zero-order valence-corrected chi connectivity index (χ0v) is 15.7. The van der Waals surface area contributed by atoms with Crippen LogP contribution in [0.5, 0.6) is 0 Å². The molecule has 4 rings (SSSR count). The first-order chi connectivity index (χ1) is 12.7. The number of hydrogen-bond donors (Lipinski definition) is 1. The van der Waals surface area contributed by atoms with Crippen molar-refractivity contribution in [1.82, 2.24) is 9.97 Å². The quantitative estimate of drug-likeness (QED) is 0.457. The fourth-order valence-corrected chi connectivity index (χ4v) is 3.84. The molecule has 1 N–H and O–H groups in total. The topological polar surface area (TPSA) is 68.0 Å². The number of fused-ring (bicyclic) bond motifs is 1. The molecule has 0 aliphatic rings. The van der Waals surface area contributed by atoms with E-state index in [1.54, 1.807) is 18.2 Å². The number of rotatable bonds is 5. The van der Waals surface area contributed by atoms with Crippen LogP contribution in [-0.4, -0.2) is 21.6 Å². The Morgan fingerprint density at radius 2 is 2.04 bits per heavy atom. The van der Waals surface area contributed by atoms with Gasteiger partial charge in [0.25, 0.3) is 5.22 Å². The number of thiazole rings is 1. The average Bonchev–Trinajstić information content (AvgIpc) is 3.27. The van der Waals surface area contributed by atoms with Gasteiger partial charge >= 0.3 is 0 Å². The fourth-order valence-electron chi connectivity index (χ4n) is 2.30. The zero-order chi connectivity index (χ0) is 17.9. The normalized spacial score (nSPS) is 11.0. The van der Waals surface area contributed by atoms with Crippen LogP contribution in [0.2, 0.25) is 5.02 Å². The number of oxazole rings is 1. The van der Waals surface area contributed by atoms with Crippen molar-refractivity contribution in [3.63, 3.8) is 0 Å². The molecule has 0 atom stereocenters. The first-order valence-electron chi connectivity index (χ1n) is 7.67. The predicted molar refractivity (Wildman–Crippen MR) is 106 cm³/mol. The number of carbonyl (C=O) groups excluding carboxylic acids is 1. The largest absolute Gasteiger partial charge is 0.431 e. The third kappa shape index (κ3) is 3.90. The van der Waals surface area contributed by atoms with E-state index in [9.17, 15) is 4.79 Å². The second-order valence-electron chi connectivity index (χ2n) is 5.33. The SMILES string of the molecule is O=C(CSc1nc2cc(Cl)ccc2o1)Nc1nc(-c2ccccc2)cs1. The molecule has 26 heavy (non-hydrogen) atoms. The molecule has 0 fully saturated rings. The Labute approximate surface area is 162 Å². The summed E-state index contributed by atoms with van der Waals surface area (Å²) in [6.45, 7) is 0. The van der Waals surface area contributed by atoms with E-state index in [-0.39, 0.29) is 11.7 Å². The second kappa shape index (κ2) is 7.49. The van der Waals surface area contributed by atoms with Crippen molar-refractivity contribution in [2.24, 2.45) is 0 Å². The highest BCUT2D eigenvalue weighted by atomic mass is 35.5. The lowest BCUT2D eigenvalue weighted by Crippen LogP contribution is -2.13. The number of hydrogen-bond acceptors (Lipinski definition) is 6. The lowest BCUT2D eigenvalue weighted by atomic mass is 10.2. The number of benzene rings is 2. The van der Waals surface area contributed by atoms with Crippen LogP contribution in [0.4, 0.5) is 5.13 Å². The van der Waals surface area contributed by atoms with Crippen LogP contribution in [0, 0.1) is 0 Å². The molecule has 4 aromatic rings. The molecule has 130 valence electrons. The van der Waals surface area contributed by atoms with Crippen LogP contribution < -0.4 is 5.32 Å². The summed E-state index contributed by atoms with van der Waals surface area (Å²) < 4.78 is 5.59. The second-order valence-corrected chi connectivity index (χ2v) is 7.55. The van der Waals surface area contributed by atoms with Gasteiger partial charge in [-0.1, -0.05) is 53.7 Å². The van der Waals surface area contributed by atoms with Gasteiger partial charge in [0.1, 0.15) is 5.52 Å². The van der Waals surface area contributed by atoms with Gasteiger partial charge in [-0.25, -0.2) is 9.97 Å². The fraction of sp³-hybridized carbons (Fsp3) is 0.0556. The lowest BCUT2D eigenvalue weighted by molar-refractivity contribution is -0.113. The summed E-state index contributed by atoms with van der Waals surface area (Å²) >= 11 is 8.55. The Kier molecular flexibility index (Phi) is 4.92. The molecule has 1 amide bonds. The number of carbonyl (C=O) groups is 1. The molecule has 0 bridgehead atoms. The van der Waals surface area contributed by atoms with Crippen molar-refractivity contribution >= 4 is 56.8 Å². The Morgan fingerprint density at radius 1 is 1.19 bits per heavy atom. The van der Waals surface area contributed by atoms with E-state index < -0.39 is 0 Å². The molecule has 0 aliphatic carbocycles. The first kappa shape index (κ1) is 17.1. The molecular formula is C18H12ClN3O2S2. The molecule has 0 radical (unpaired) electrons. The number of anilines is 1. The standard InChI is InChI=1S/C18H12ClN3O2S2/c19-12-6-7-15-13(8-12)21-18(24-15)26-10-16(23)22-17-20-14(9-25-17)11-4-2-1-3-5-11/h1-9H,10H2,(H,20,22,23). The summed E-state index contributed by atoms with van der Waals surface area (Å²) in [5.41, 5.74) is 3.18. The zero-order valence-electron chi connectivity index (χ0n) is 13.3. The van der Waals surface area contributed by atoms with E-state index in [1.807, 2.05) is 35.7 Å². The van der Waals surface area contributed by atoms with E-state index in [0.717, 1.165) is 11.3 Å². The van der Waals surface area contributed by atoms with Gasteiger partial charge in [0.15, 0.2) is 10.7 Å². The van der Waals surface area contributed by atoms with Crippen molar-refractivity contribution < 1.29 is 9.21 Å². The molecule has 8 heteroatoms. The Balaban J connectivity index is 1.37. The predicted octanol–water partition coefficient (Wildman–Crippen LogP) is 5.34. The summed E-state index contributed by atoms with van der Waals surface area (Å²) in [4.78, 5) is 20.9. The molecule has 0 saturated heterocycles. The van der Waals surface area contributed by atoms with Gasteiger partial charge in [0.05, 0.1) is 11.4 Å². The van der Waals surface area contributed by atoms with Crippen LogP contribution in [-0.2, 0) is 4.79 Å². The van der Waals surface area contributed by atoms with Crippen LogP contribution in [0.1, 0.15) is 0 Å². The maximum absolute atomic E-state index is 12.1. The van der Waals surface area contributed by atoms with Gasteiger partial charge in [-0.05, 0) is 18.2 Å². The van der Waals surface area contributed by atoms with Gasteiger partial charge in [0, 0.05) is 16.0 Å². The van der Waals surface area contributed by atoms with Crippen LogP contribution >= 0.6 is 34.7 Å². The van der Waals surface area contributed by atoms with Gasteiger partial charge in [-0.2, -0.15) is 0 Å². The number of thioether (sulfide) groups is 1. The average molecular weight is 402 g/mol. The summed E-state index contributed by atoms with van der Waals surface area (Å²) in [6.07, 6.45) is 0. The molecular weight excluding hydrogens is 390 g/mol. The Bertz CT molecular complexity index is 1060. The monoisotopic (exact) mass is 401 g/mol. The summed E-state index contributed by atoms with van der Waals surface area (Å²) in [5, 5.41) is 6.32. The molecule has 0 aliphatic heterocycles. The first-order valence-corrected chi connectivity index (χ1v) is 9.91. The minimum Gasteiger partial charge on any atom is -0.431 e. The number of nitrogens with zero attached hydrogens (tertiary/aromatic N) is 2. The number of aromatic nitrogens is 2. The molecule has 5 nitrogen and oxygen atoms in total. The van der Waals surface area contributed by atoms with Gasteiger partial charge in [0.2, 0.25) is 5.91 Å². The maximum Gasteiger partial charge on any atom is 0.257 e. The highest BCUT2D eigenvalue weighted by Crippen LogP contribution is 2.27. The number of amides is 1. The third-order valence-corrected chi connectivity index (χ3v) is 5.30. The van der Waals surface area contributed by atoms with E-state index in [4.69, 9.17) is 16.0 Å². The molecule has 2 aromatic carbocycles. The highest BCUT2D eigenvalue weighted by Gasteiger charge is 2.12. The van der Waals surface area contributed by atoms with E-state index in [0.29, 0.717) is 26.5 Å². The molecule has 0 spiro atoms. The van der Waals surface area contributed by atoms with Crippen LogP contribution in [0.25, 0.3) is 22.4 Å². The van der Waals surface area contributed by atoms with Crippen molar-refractivity contribution in [2.45, 2.75) is 5.22 Å². The van der Waals surface area contributed by atoms with E-state index in [2.05, 4.69) is 15.3 Å².